The van der Waals surface area contributed by atoms with Crippen LogP contribution in [0.15, 0.2) is 72.8 Å². The predicted octanol–water partition coefficient (Wildman–Crippen LogP) is 5.28. The molecule has 7 heteroatoms. The average molecular weight is 445 g/mol. The highest BCUT2D eigenvalue weighted by Gasteiger charge is 2.19. The number of carbonyl (C=O) groups is 1. The third kappa shape index (κ3) is 4.15. The van der Waals surface area contributed by atoms with Crippen LogP contribution in [0.3, 0.4) is 0 Å². The molecule has 0 bridgehead atoms. The standard InChI is InChI=1S/C25H20N2O4S/c1-29-19-9-11-23-20(14-19)26-25(32-23)27(15-18-5-3-2-4-6-18)24(28)12-8-17-7-10-21-22(13-17)31-16-30-21/h2-14H,15-16H2,1H3/b12-8+. The highest BCUT2D eigenvalue weighted by atomic mass is 32.1. The number of methoxy groups -OCH3 is 1. The summed E-state index contributed by atoms with van der Waals surface area (Å²) in [5.41, 5.74) is 2.68. The Morgan fingerprint density at radius 2 is 1.94 bits per heavy atom. The first-order chi connectivity index (χ1) is 15.7. The van der Waals surface area contributed by atoms with Crippen LogP contribution in [0.2, 0.25) is 0 Å². The predicted molar refractivity (Wildman–Crippen MR) is 125 cm³/mol. The van der Waals surface area contributed by atoms with Crippen molar-refractivity contribution in [1.29, 1.82) is 0 Å². The zero-order chi connectivity index (χ0) is 21.9. The van der Waals surface area contributed by atoms with Gasteiger partial charge >= 0.3 is 0 Å². The zero-order valence-corrected chi connectivity index (χ0v) is 18.2. The van der Waals surface area contributed by atoms with Gasteiger partial charge in [0.1, 0.15) is 5.75 Å². The highest BCUT2D eigenvalue weighted by Crippen LogP contribution is 2.34. The van der Waals surface area contributed by atoms with Gasteiger partial charge < -0.3 is 14.2 Å². The zero-order valence-electron chi connectivity index (χ0n) is 17.4. The molecule has 1 amide bonds. The summed E-state index contributed by atoms with van der Waals surface area (Å²) in [5.74, 6) is 1.97. The number of anilines is 1. The molecule has 0 aliphatic carbocycles. The minimum Gasteiger partial charge on any atom is -0.497 e. The van der Waals surface area contributed by atoms with E-state index in [0.29, 0.717) is 23.2 Å². The average Bonchev–Trinajstić information content (AvgIpc) is 3.47. The number of benzene rings is 3. The maximum Gasteiger partial charge on any atom is 0.253 e. The first kappa shape index (κ1) is 20.1. The van der Waals surface area contributed by atoms with Crippen molar-refractivity contribution < 1.29 is 19.0 Å². The van der Waals surface area contributed by atoms with Crippen molar-refractivity contribution in [2.24, 2.45) is 0 Å². The molecule has 6 nitrogen and oxygen atoms in total. The molecule has 2 heterocycles. The van der Waals surface area contributed by atoms with E-state index in [2.05, 4.69) is 0 Å². The van der Waals surface area contributed by atoms with E-state index >= 15 is 0 Å². The van der Waals surface area contributed by atoms with Gasteiger partial charge in [-0.2, -0.15) is 0 Å². The number of amides is 1. The number of fused-ring (bicyclic) bond motifs is 2. The van der Waals surface area contributed by atoms with Crippen molar-refractivity contribution >= 4 is 38.7 Å². The van der Waals surface area contributed by atoms with Gasteiger partial charge in [-0.15, -0.1) is 0 Å². The van der Waals surface area contributed by atoms with Crippen molar-refractivity contribution in [2.45, 2.75) is 6.54 Å². The molecule has 0 saturated heterocycles. The molecule has 1 aliphatic heterocycles. The van der Waals surface area contributed by atoms with E-state index in [1.54, 1.807) is 24.2 Å². The molecule has 1 aromatic heterocycles. The Kier molecular flexibility index (Phi) is 5.47. The summed E-state index contributed by atoms with van der Waals surface area (Å²) in [7, 11) is 1.63. The molecule has 0 atom stereocenters. The van der Waals surface area contributed by atoms with Gasteiger partial charge in [-0.05, 0) is 41.5 Å². The fraction of sp³-hybridized carbons (Fsp3) is 0.120. The van der Waals surface area contributed by atoms with Gasteiger partial charge in [0.05, 0.1) is 23.9 Å². The summed E-state index contributed by atoms with van der Waals surface area (Å²) in [4.78, 5) is 19.7. The minimum atomic E-state index is -0.155. The van der Waals surface area contributed by atoms with Crippen LogP contribution in [0.4, 0.5) is 5.13 Å². The second-order valence-corrected chi connectivity index (χ2v) is 8.20. The third-order valence-corrected chi connectivity index (χ3v) is 6.14. The first-order valence-corrected chi connectivity index (χ1v) is 10.9. The Morgan fingerprint density at radius 1 is 1.09 bits per heavy atom. The molecular weight excluding hydrogens is 424 g/mol. The molecule has 0 N–H and O–H groups in total. The van der Waals surface area contributed by atoms with Gasteiger partial charge in [-0.1, -0.05) is 47.7 Å². The summed E-state index contributed by atoms with van der Waals surface area (Å²) in [6.07, 6.45) is 3.34. The topological polar surface area (TPSA) is 60.9 Å². The Labute approximate surface area is 189 Å². The number of rotatable bonds is 6. The van der Waals surface area contributed by atoms with Crippen molar-refractivity contribution in [3.63, 3.8) is 0 Å². The van der Waals surface area contributed by atoms with Crippen LogP contribution in [0.5, 0.6) is 17.2 Å². The fourth-order valence-electron chi connectivity index (χ4n) is 3.42. The number of thiazole rings is 1. The van der Waals surface area contributed by atoms with E-state index in [4.69, 9.17) is 19.2 Å². The number of ether oxygens (including phenoxy) is 3. The van der Waals surface area contributed by atoms with Crippen molar-refractivity contribution in [1.82, 2.24) is 4.98 Å². The van der Waals surface area contributed by atoms with E-state index in [0.717, 1.165) is 27.1 Å². The normalized spacial score (nSPS) is 12.4. The van der Waals surface area contributed by atoms with Gasteiger partial charge in [0, 0.05) is 12.1 Å². The summed E-state index contributed by atoms with van der Waals surface area (Å²) >= 11 is 1.48. The van der Waals surface area contributed by atoms with Crippen LogP contribution in [0, 0.1) is 0 Å². The van der Waals surface area contributed by atoms with Crippen molar-refractivity contribution in [3.05, 3.63) is 83.9 Å². The lowest BCUT2D eigenvalue weighted by Gasteiger charge is -2.18. The molecule has 4 aromatic rings. The van der Waals surface area contributed by atoms with Crippen LogP contribution >= 0.6 is 11.3 Å². The Balaban J connectivity index is 1.46. The molecule has 32 heavy (non-hydrogen) atoms. The number of nitrogens with zero attached hydrogens (tertiary/aromatic N) is 2. The van der Waals surface area contributed by atoms with Gasteiger partial charge in [-0.3, -0.25) is 9.69 Å². The van der Waals surface area contributed by atoms with Gasteiger partial charge in [0.15, 0.2) is 16.6 Å². The van der Waals surface area contributed by atoms with E-state index < -0.39 is 0 Å². The molecule has 5 rings (SSSR count). The lowest BCUT2D eigenvalue weighted by molar-refractivity contribution is -0.114. The lowest BCUT2D eigenvalue weighted by Crippen LogP contribution is -2.28. The molecule has 160 valence electrons. The van der Waals surface area contributed by atoms with E-state index in [1.807, 2.05) is 66.7 Å². The molecule has 3 aromatic carbocycles. The maximum absolute atomic E-state index is 13.3. The number of aromatic nitrogens is 1. The largest absolute Gasteiger partial charge is 0.497 e. The second-order valence-electron chi connectivity index (χ2n) is 7.19. The second kappa shape index (κ2) is 8.72. The van der Waals surface area contributed by atoms with Crippen LogP contribution in [-0.4, -0.2) is 24.8 Å². The van der Waals surface area contributed by atoms with Crippen molar-refractivity contribution in [3.8, 4) is 17.2 Å². The number of hydrogen-bond donors (Lipinski definition) is 0. The SMILES string of the molecule is COc1ccc2sc(N(Cc3ccccc3)C(=O)/C=C/c3ccc4c(c3)OCO4)nc2c1. The Hall–Kier alpha value is -3.84. The maximum atomic E-state index is 13.3. The number of hydrogen-bond acceptors (Lipinski definition) is 6. The highest BCUT2D eigenvalue weighted by molar-refractivity contribution is 7.22. The van der Waals surface area contributed by atoms with E-state index in [9.17, 15) is 4.79 Å². The monoisotopic (exact) mass is 444 g/mol. The molecule has 0 spiro atoms. The number of carbonyl (C=O) groups excluding carboxylic acids is 1. The molecule has 1 aliphatic rings. The molecule has 0 saturated carbocycles. The van der Waals surface area contributed by atoms with Gasteiger partial charge in [-0.25, -0.2) is 4.98 Å². The summed E-state index contributed by atoms with van der Waals surface area (Å²) in [6.45, 7) is 0.636. The molecule has 0 unspecified atom stereocenters. The van der Waals surface area contributed by atoms with E-state index in [1.165, 1.54) is 11.3 Å². The van der Waals surface area contributed by atoms with Gasteiger partial charge in [0.2, 0.25) is 6.79 Å². The summed E-state index contributed by atoms with van der Waals surface area (Å²) in [5, 5.41) is 0.637. The van der Waals surface area contributed by atoms with Crippen LogP contribution in [0.1, 0.15) is 11.1 Å². The molecule has 0 fully saturated rings. The van der Waals surface area contributed by atoms with Gasteiger partial charge in [0.25, 0.3) is 5.91 Å². The smallest absolute Gasteiger partial charge is 0.253 e. The first-order valence-electron chi connectivity index (χ1n) is 10.1. The quantitative estimate of drug-likeness (QED) is 0.379. The van der Waals surface area contributed by atoms with Crippen molar-refractivity contribution in [2.75, 3.05) is 18.8 Å². The molecular formula is C25H20N2O4S. The Bertz CT molecular complexity index is 1300. The summed E-state index contributed by atoms with van der Waals surface area (Å²) < 4.78 is 17.1. The minimum absolute atomic E-state index is 0.155. The third-order valence-electron chi connectivity index (χ3n) is 5.08. The lowest BCUT2D eigenvalue weighted by atomic mass is 10.2. The van der Waals surface area contributed by atoms with Crippen LogP contribution < -0.4 is 19.1 Å². The van der Waals surface area contributed by atoms with E-state index in [-0.39, 0.29) is 12.7 Å². The fourth-order valence-corrected chi connectivity index (χ4v) is 4.37. The van der Waals surface area contributed by atoms with Crippen LogP contribution in [0.25, 0.3) is 16.3 Å². The summed E-state index contributed by atoms with van der Waals surface area (Å²) in [6, 6.07) is 21.2. The molecule has 0 radical (unpaired) electrons. The van der Waals surface area contributed by atoms with Crippen LogP contribution in [-0.2, 0) is 11.3 Å². The Morgan fingerprint density at radius 3 is 2.78 bits per heavy atom.